The number of hydrogen-bond donors (Lipinski definition) is 1. The van der Waals surface area contributed by atoms with Gasteiger partial charge in [-0.2, -0.15) is 4.39 Å². The highest BCUT2D eigenvalue weighted by molar-refractivity contribution is 5.37. The fraction of sp³-hybridized carbons (Fsp3) is 0.538. The number of nitrogens with one attached hydrogen (secondary N) is 1. The van der Waals surface area contributed by atoms with Crippen LogP contribution in [0.25, 0.3) is 0 Å². The third-order valence-electron chi connectivity index (χ3n) is 3.02. The summed E-state index contributed by atoms with van der Waals surface area (Å²) in [6.45, 7) is 4.22. The summed E-state index contributed by atoms with van der Waals surface area (Å²) >= 11 is 0. The van der Waals surface area contributed by atoms with Crippen LogP contribution in [0.15, 0.2) is 12.1 Å². The number of halogens is 2. The van der Waals surface area contributed by atoms with Crippen molar-refractivity contribution in [1.29, 1.82) is 0 Å². The topological polar surface area (TPSA) is 55.2 Å². The monoisotopic (exact) mass is 272 g/mol. The van der Waals surface area contributed by atoms with E-state index in [1.165, 1.54) is 0 Å². The normalized spacial score (nSPS) is 12.4. The lowest BCUT2D eigenvalue weighted by atomic mass is 10.1. The molecule has 1 unspecified atom stereocenters. The summed E-state index contributed by atoms with van der Waals surface area (Å²) < 4.78 is 26.7. The number of nitro groups is 1. The van der Waals surface area contributed by atoms with E-state index in [0.717, 1.165) is 25.3 Å². The minimum absolute atomic E-state index is 0.114. The van der Waals surface area contributed by atoms with Gasteiger partial charge in [-0.15, -0.1) is 0 Å². The van der Waals surface area contributed by atoms with Crippen molar-refractivity contribution >= 4 is 5.69 Å². The van der Waals surface area contributed by atoms with Gasteiger partial charge < -0.3 is 5.32 Å². The molecule has 0 saturated carbocycles. The molecule has 19 heavy (non-hydrogen) atoms. The third kappa shape index (κ3) is 4.24. The van der Waals surface area contributed by atoms with Gasteiger partial charge in [0.25, 0.3) is 0 Å². The maximum absolute atomic E-state index is 13.5. The van der Waals surface area contributed by atoms with Gasteiger partial charge in [0.05, 0.1) is 4.92 Å². The van der Waals surface area contributed by atoms with Gasteiger partial charge in [0.15, 0.2) is 0 Å². The van der Waals surface area contributed by atoms with Crippen LogP contribution in [0, 0.1) is 21.7 Å². The van der Waals surface area contributed by atoms with Gasteiger partial charge in [0.1, 0.15) is 5.82 Å². The van der Waals surface area contributed by atoms with Gasteiger partial charge in [0, 0.05) is 30.3 Å². The molecule has 0 saturated heterocycles. The van der Waals surface area contributed by atoms with Gasteiger partial charge in [-0.25, -0.2) is 4.39 Å². The van der Waals surface area contributed by atoms with E-state index in [2.05, 4.69) is 5.32 Å². The van der Waals surface area contributed by atoms with Crippen LogP contribution >= 0.6 is 0 Å². The first kappa shape index (κ1) is 15.5. The zero-order valence-electron chi connectivity index (χ0n) is 11.1. The molecule has 0 fully saturated rings. The predicted molar refractivity (Wildman–Crippen MR) is 68.8 cm³/mol. The number of rotatable bonds is 7. The molecule has 0 aromatic heterocycles. The SMILES string of the molecule is CCCC(CC)NCc1cc([N+](=O)[O-])c(F)cc1F. The van der Waals surface area contributed by atoms with Crippen molar-refractivity contribution in [3.8, 4) is 0 Å². The van der Waals surface area contributed by atoms with Gasteiger partial charge in [0.2, 0.25) is 5.82 Å². The molecule has 0 aliphatic rings. The highest BCUT2D eigenvalue weighted by Gasteiger charge is 2.18. The average molecular weight is 272 g/mol. The Labute approximate surface area is 111 Å². The Bertz CT molecular complexity index is 453. The Morgan fingerprint density at radius 1 is 1.32 bits per heavy atom. The summed E-state index contributed by atoms with van der Waals surface area (Å²) in [4.78, 5) is 9.76. The highest BCUT2D eigenvalue weighted by atomic mass is 19.1. The van der Waals surface area contributed by atoms with Crippen LogP contribution in [-0.2, 0) is 6.54 Å². The van der Waals surface area contributed by atoms with Crippen molar-refractivity contribution < 1.29 is 13.7 Å². The molecule has 1 rings (SSSR count). The van der Waals surface area contributed by atoms with E-state index in [-0.39, 0.29) is 18.2 Å². The molecule has 1 aromatic carbocycles. The summed E-state index contributed by atoms with van der Waals surface area (Å²) in [7, 11) is 0. The quantitative estimate of drug-likeness (QED) is 0.610. The standard InChI is InChI=1S/C13H18F2N2O2/c1-3-5-10(4-2)16-8-9-6-13(17(18)19)12(15)7-11(9)14/h6-7,10,16H,3-5,8H2,1-2H3. The number of benzene rings is 1. The average Bonchev–Trinajstić information content (AvgIpc) is 2.35. The molecular formula is C13H18F2N2O2. The van der Waals surface area contributed by atoms with Crippen LogP contribution < -0.4 is 5.32 Å². The van der Waals surface area contributed by atoms with Crippen LogP contribution in [-0.4, -0.2) is 11.0 Å². The summed E-state index contributed by atoms with van der Waals surface area (Å²) in [6, 6.07) is 1.75. The first-order chi connectivity index (χ1) is 8.99. The van der Waals surface area contributed by atoms with Crippen molar-refractivity contribution in [1.82, 2.24) is 5.32 Å². The van der Waals surface area contributed by atoms with Crippen molar-refractivity contribution in [3.63, 3.8) is 0 Å². The minimum atomic E-state index is -1.15. The zero-order valence-corrected chi connectivity index (χ0v) is 11.1. The fourth-order valence-electron chi connectivity index (χ4n) is 1.91. The van der Waals surface area contributed by atoms with Crippen LogP contribution in [0.5, 0.6) is 0 Å². The van der Waals surface area contributed by atoms with E-state index in [4.69, 9.17) is 0 Å². The second-order valence-electron chi connectivity index (χ2n) is 4.43. The van der Waals surface area contributed by atoms with E-state index < -0.39 is 22.2 Å². The van der Waals surface area contributed by atoms with Crippen molar-refractivity contribution in [2.45, 2.75) is 45.7 Å². The molecule has 0 amide bonds. The Morgan fingerprint density at radius 2 is 2.00 bits per heavy atom. The van der Waals surface area contributed by atoms with Crippen LogP contribution in [0.1, 0.15) is 38.7 Å². The lowest BCUT2D eigenvalue weighted by Crippen LogP contribution is -2.28. The van der Waals surface area contributed by atoms with Crippen LogP contribution in [0.2, 0.25) is 0 Å². The van der Waals surface area contributed by atoms with E-state index >= 15 is 0 Å². The fourth-order valence-corrected chi connectivity index (χ4v) is 1.91. The van der Waals surface area contributed by atoms with Crippen LogP contribution in [0.4, 0.5) is 14.5 Å². The molecule has 0 heterocycles. The lowest BCUT2D eigenvalue weighted by molar-refractivity contribution is -0.387. The van der Waals surface area contributed by atoms with E-state index in [9.17, 15) is 18.9 Å². The molecule has 0 aliphatic heterocycles. The summed E-state index contributed by atoms with van der Waals surface area (Å²) in [5.41, 5.74) is -0.579. The largest absolute Gasteiger partial charge is 0.310 e. The molecule has 106 valence electrons. The van der Waals surface area contributed by atoms with Gasteiger partial charge in [-0.3, -0.25) is 10.1 Å². The molecule has 1 atom stereocenters. The predicted octanol–water partition coefficient (Wildman–Crippen LogP) is 3.54. The van der Waals surface area contributed by atoms with Gasteiger partial charge in [-0.1, -0.05) is 20.3 Å². The van der Waals surface area contributed by atoms with Crippen molar-refractivity contribution in [3.05, 3.63) is 39.4 Å². The Kier molecular flexibility index (Phi) is 5.82. The molecular weight excluding hydrogens is 254 g/mol. The molecule has 6 heteroatoms. The smallest absolute Gasteiger partial charge is 0.305 e. The molecule has 4 nitrogen and oxygen atoms in total. The molecule has 1 aromatic rings. The lowest BCUT2D eigenvalue weighted by Gasteiger charge is -2.16. The second-order valence-corrected chi connectivity index (χ2v) is 4.43. The first-order valence-electron chi connectivity index (χ1n) is 6.35. The van der Waals surface area contributed by atoms with Gasteiger partial charge >= 0.3 is 5.69 Å². The Hall–Kier alpha value is -1.56. The maximum Gasteiger partial charge on any atom is 0.305 e. The summed E-state index contributed by atoms with van der Waals surface area (Å²) in [5, 5.41) is 13.7. The van der Waals surface area contributed by atoms with E-state index in [0.29, 0.717) is 6.07 Å². The molecule has 0 aliphatic carbocycles. The summed E-state index contributed by atoms with van der Waals surface area (Å²) in [5.74, 6) is -1.91. The maximum atomic E-state index is 13.5. The molecule has 1 N–H and O–H groups in total. The van der Waals surface area contributed by atoms with E-state index in [1.807, 2.05) is 13.8 Å². The third-order valence-corrected chi connectivity index (χ3v) is 3.02. The number of nitrogens with zero attached hydrogens (tertiary/aromatic N) is 1. The summed E-state index contributed by atoms with van der Waals surface area (Å²) in [6.07, 6.45) is 2.83. The number of hydrogen-bond acceptors (Lipinski definition) is 3. The first-order valence-corrected chi connectivity index (χ1v) is 6.35. The van der Waals surface area contributed by atoms with E-state index in [1.54, 1.807) is 0 Å². The zero-order chi connectivity index (χ0) is 14.4. The number of nitro benzene ring substituents is 1. The van der Waals surface area contributed by atoms with Crippen LogP contribution in [0.3, 0.4) is 0 Å². The second kappa shape index (κ2) is 7.13. The molecule has 0 radical (unpaired) electrons. The van der Waals surface area contributed by atoms with Gasteiger partial charge in [-0.05, 0) is 12.8 Å². The Morgan fingerprint density at radius 3 is 2.53 bits per heavy atom. The Balaban J connectivity index is 2.83. The van der Waals surface area contributed by atoms with Crippen molar-refractivity contribution in [2.75, 3.05) is 0 Å². The highest BCUT2D eigenvalue weighted by Crippen LogP contribution is 2.21. The molecule has 0 bridgehead atoms. The minimum Gasteiger partial charge on any atom is -0.310 e. The molecule has 0 spiro atoms. The van der Waals surface area contributed by atoms with Crippen molar-refractivity contribution in [2.24, 2.45) is 0 Å².